The van der Waals surface area contributed by atoms with Crippen LogP contribution in [0.2, 0.25) is 0 Å². The molecule has 1 aliphatic carbocycles. The SMILES string of the molecule is COc1cc2c(cc1OC)C13CCC(OC)CC1N(CC3)C2. The Balaban J connectivity index is 1.81. The number of ether oxygens (including phenoxy) is 3. The van der Waals surface area contributed by atoms with Crippen molar-refractivity contribution in [2.24, 2.45) is 0 Å². The Hall–Kier alpha value is -1.26. The van der Waals surface area contributed by atoms with Gasteiger partial charge in [-0.05, 0) is 55.5 Å². The Morgan fingerprint density at radius 3 is 2.59 bits per heavy atom. The molecule has 4 rings (SSSR count). The fourth-order valence-corrected chi connectivity index (χ4v) is 5.05. The van der Waals surface area contributed by atoms with Gasteiger partial charge in [-0.15, -0.1) is 0 Å². The van der Waals surface area contributed by atoms with Crippen LogP contribution in [0.25, 0.3) is 0 Å². The predicted molar refractivity (Wildman–Crippen MR) is 84.7 cm³/mol. The molecule has 22 heavy (non-hydrogen) atoms. The molecule has 1 aromatic rings. The highest BCUT2D eigenvalue weighted by Crippen LogP contribution is 2.55. The Bertz CT molecular complexity index is 588. The predicted octanol–water partition coefficient (Wildman–Crippen LogP) is 2.73. The molecule has 4 heteroatoms. The summed E-state index contributed by atoms with van der Waals surface area (Å²) in [6, 6.07) is 5.06. The van der Waals surface area contributed by atoms with E-state index in [2.05, 4.69) is 17.0 Å². The summed E-state index contributed by atoms with van der Waals surface area (Å²) in [7, 11) is 5.29. The molecule has 0 N–H and O–H groups in total. The smallest absolute Gasteiger partial charge is 0.161 e. The van der Waals surface area contributed by atoms with Crippen molar-refractivity contribution < 1.29 is 14.2 Å². The quantitative estimate of drug-likeness (QED) is 0.859. The van der Waals surface area contributed by atoms with E-state index in [9.17, 15) is 0 Å². The number of hydrogen-bond donors (Lipinski definition) is 0. The minimum absolute atomic E-state index is 0.294. The highest BCUT2D eigenvalue weighted by atomic mass is 16.5. The summed E-state index contributed by atoms with van der Waals surface area (Å²) < 4.78 is 16.7. The Morgan fingerprint density at radius 2 is 1.86 bits per heavy atom. The topological polar surface area (TPSA) is 30.9 Å². The molecular formula is C18H25NO3. The van der Waals surface area contributed by atoms with Crippen LogP contribution in [-0.4, -0.2) is 44.9 Å². The third-order valence-electron chi connectivity index (χ3n) is 6.17. The highest BCUT2D eigenvalue weighted by molar-refractivity contribution is 5.53. The molecule has 2 heterocycles. The number of nitrogens with zero attached hydrogens (tertiary/aromatic N) is 1. The van der Waals surface area contributed by atoms with Gasteiger partial charge in [0.2, 0.25) is 0 Å². The van der Waals surface area contributed by atoms with Crippen molar-refractivity contribution in [1.29, 1.82) is 0 Å². The largest absolute Gasteiger partial charge is 0.493 e. The summed E-state index contributed by atoms with van der Waals surface area (Å²) in [6.07, 6.45) is 5.21. The molecule has 1 saturated heterocycles. The molecule has 3 aliphatic rings. The van der Waals surface area contributed by atoms with Crippen LogP contribution in [0.5, 0.6) is 11.5 Å². The molecule has 4 atom stereocenters. The second-order valence-electron chi connectivity index (χ2n) is 6.89. The fraction of sp³-hybridized carbons (Fsp3) is 0.667. The van der Waals surface area contributed by atoms with E-state index in [1.807, 2.05) is 7.11 Å². The van der Waals surface area contributed by atoms with Gasteiger partial charge in [-0.25, -0.2) is 0 Å². The minimum Gasteiger partial charge on any atom is -0.493 e. The van der Waals surface area contributed by atoms with Crippen LogP contribution in [-0.2, 0) is 16.7 Å². The van der Waals surface area contributed by atoms with Gasteiger partial charge in [0.25, 0.3) is 0 Å². The first kappa shape index (κ1) is 14.3. The van der Waals surface area contributed by atoms with E-state index >= 15 is 0 Å². The van der Waals surface area contributed by atoms with E-state index in [1.54, 1.807) is 14.2 Å². The lowest BCUT2D eigenvalue weighted by Gasteiger charge is -2.49. The van der Waals surface area contributed by atoms with Crippen molar-refractivity contribution in [3.05, 3.63) is 23.3 Å². The van der Waals surface area contributed by atoms with Gasteiger partial charge in [0, 0.05) is 25.1 Å². The highest BCUT2D eigenvalue weighted by Gasteiger charge is 2.55. The van der Waals surface area contributed by atoms with Crippen molar-refractivity contribution in [2.45, 2.75) is 49.8 Å². The zero-order valence-corrected chi connectivity index (χ0v) is 13.7. The normalized spacial score (nSPS) is 35.7. The van der Waals surface area contributed by atoms with Crippen LogP contribution < -0.4 is 9.47 Å². The Morgan fingerprint density at radius 1 is 1.09 bits per heavy atom. The first-order valence-electron chi connectivity index (χ1n) is 8.24. The van der Waals surface area contributed by atoms with Gasteiger partial charge >= 0.3 is 0 Å². The molecule has 0 radical (unpaired) electrons. The zero-order valence-electron chi connectivity index (χ0n) is 13.7. The summed E-state index contributed by atoms with van der Waals surface area (Å²) in [6.45, 7) is 2.22. The molecule has 2 bridgehead atoms. The first-order chi connectivity index (χ1) is 10.7. The number of hydrogen-bond acceptors (Lipinski definition) is 4. The van der Waals surface area contributed by atoms with Gasteiger partial charge in [0.1, 0.15) is 0 Å². The first-order valence-corrected chi connectivity index (χ1v) is 8.24. The van der Waals surface area contributed by atoms with Gasteiger partial charge in [-0.1, -0.05) is 0 Å². The lowest BCUT2D eigenvalue weighted by molar-refractivity contribution is 0.00921. The molecule has 120 valence electrons. The molecule has 1 saturated carbocycles. The average molecular weight is 303 g/mol. The third-order valence-corrected chi connectivity index (χ3v) is 6.17. The van der Waals surface area contributed by atoms with Gasteiger partial charge in [-0.2, -0.15) is 0 Å². The van der Waals surface area contributed by atoms with Crippen LogP contribution in [0, 0.1) is 0 Å². The van der Waals surface area contributed by atoms with Gasteiger partial charge in [0.15, 0.2) is 11.5 Å². The third kappa shape index (κ3) is 1.83. The van der Waals surface area contributed by atoms with E-state index in [-0.39, 0.29) is 0 Å². The van der Waals surface area contributed by atoms with Crippen LogP contribution >= 0.6 is 0 Å². The standard InChI is InChI=1S/C18H25NO3/c1-20-13-4-5-18-6-7-19(17(18)9-13)11-12-8-15(21-2)16(22-3)10-14(12)18/h8,10,13,17H,4-7,9,11H2,1-3H3. The molecule has 2 aliphatic heterocycles. The molecule has 0 spiro atoms. The Kier molecular flexibility index (Phi) is 3.35. The maximum Gasteiger partial charge on any atom is 0.161 e. The fourth-order valence-electron chi connectivity index (χ4n) is 5.05. The average Bonchev–Trinajstić information content (AvgIpc) is 2.85. The van der Waals surface area contributed by atoms with Crippen molar-refractivity contribution in [3.8, 4) is 11.5 Å². The summed E-state index contributed by atoms with van der Waals surface area (Å²) in [5, 5.41) is 0. The summed E-state index contributed by atoms with van der Waals surface area (Å²) >= 11 is 0. The van der Waals surface area contributed by atoms with E-state index in [0.29, 0.717) is 17.6 Å². The number of fused-ring (bicyclic) bond motifs is 1. The van der Waals surface area contributed by atoms with Gasteiger partial charge < -0.3 is 14.2 Å². The molecule has 1 aromatic carbocycles. The van der Waals surface area contributed by atoms with Crippen LogP contribution in [0.4, 0.5) is 0 Å². The molecule has 0 amide bonds. The lowest BCUT2D eigenvalue weighted by atomic mass is 9.63. The second-order valence-corrected chi connectivity index (χ2v) is 6.89. The van der Waals surface area contributed by atoms with Gasteiger partial charge in [0.05, 0.1) is 20.3 Å². The monoisotopic (exact) mass is 303 g/mol. The van der Waals surface area contributed by atoms with Crippen molar-refractivity contribution >= 4 is 0 Å². The van der Waals surface area contributed by atoms with E-state index in [1.165, 1.54) is 30.5 Å². The van der Waals surface area contributed by atoms with E-state index in [4.69, 9.17) is 14.2 Å². The van der Waals surface area contributed by atoms with Crippen molar-refractivity contribution in [2.75, 3.05) is 27.9 Å². The number of methoxy groups -OCH3 is 3. The summed E-state index contributed by atoms with van der Waals surface area (Å²) in [5.74, 6) is 1.71. The van der Waals surface area contributed by atoms with Crippen LogP contribution in [0.15, 0.2) is 12.1 Å². The van der Waals surface area contributed by atoms with E-state index in [0.717, 1.165) is 30.9 Å². The maximum atomic E-state index is 5.66. The van der Waals surface area contributed by atoms with Gasteiger partial charge in [-0.3, -0.25) is 4.90 Å². The summed E-state index contributed by atoms with van der Waals surface area (Å²) in [5.41, 5.74) is 3.21. The number of benzene rings is 1. The lowest BCUT2D eigenvalue weighted by Crippen LogP contribution is -2.51. The minimum atomic E-state index is 0.294. The Labute approximate surface area is 132 Å². The molecular weight excluding hydrogens is 278 g/mol. The second kappa shape index (κ2) is 5.14. The molecule has 4 nitrogen and oxygen atoms in total. The van der Waals surface area contributed by atoms with Crippen molar-refractivity contribution in [3.63, 3.8) is 0 Å². The molecule has 4 unspecified atom stereocenters. The molecule has 0 aromatic heterocycles. The zero-order chi connectivity index (χ0) is 15.3. The summed E-state index contributed by atoms with van der Waals surface area (Å²) in [4.78, 5) is 2.65. The maximum absolute atomic E-state index is 5.66. The van der Waals surface area contributed by atoms with Crippen LogP contribution in [0.1, 0.15) is 36.8 Å². The van der Waals surface area contributed by atoms with Crippen LogP contribution in [0.3, 0.4) is 0 Å². The van der Waals surface area contributed by atoms with Crippen molar-refractivity contribution in [1.82, 2.24) is 4.90 Å². The number of rotatable bonds is 3. The van der Waals surface area contributed by atoms with E-state index < -0.39 is 0 Å². The molecule has 2 fully saturated rings.